The summed E-state index contributed by atoms with van der Waals surface area (Å²) < 4.78 is 37.7. The van der Waals surface area contributed by atoms with E-state index in [-0.39, 0.29) is 18.3 Å². The maximum atomic E-state index is 12.5. The number of nitrogens with zero attached hydrogens (tertiary/aromatic N) is 4. The lowest BCUT2D eigenvalue weighted by atomic mass is 10.2. The van der Waals surface area contributed by atoms with E-state index in [4.69, 9.17) is 20.9 Å². The molecule has 2 aliphatic rings. The lowest BCUT2D eigenvalue weighted by molar-refractivity contribution is 0.0429. The normalized spacial score (nSPS) is 16.4. The van der Waals surface area contributed by atoms with E-state index in [1.807, 2.05) is 4.90 Å². The number of carbonyl (C=O) groups is 1. The second-order valence-corrected chi connectivity index (χ2v) is 9.83. The molecule has 0 unspecified atom stereocenters. The Balaban J connectivity index is 1.28. The summed E-state index contributed by atoms with van der Waals surface area (Å²) in [6, 6.07) is 12.1. The van der Waals surface area contributed by atoms with Crippen molar-refractivity contribution in [2.75, 3.05) is 17.2 Å². The molecule has 0 atom stereocenters. The second-order valence-electron chi connectivity index (χ2n) is 6.66. The quantitative estimate of drug-likeness (QED) is 0.522. The van der Waals surface area contributed by atoms with Gasteiger partial charge in [-0.15, -0.1) is 4.40 Å². The van der Waals surface area contributed by atoms with Gasteiger partial charge < -0.3 is 14.2 Å². The number of halogens is 1. The highest BCUT2D eigenvalue weighted by Gasteiger charge is 2.33. The summed E-state index contributed by atoms with van der Waals surface area (Å²) >= 11 is 7.34. The lowest BCUT2D eigenvalue weighted by Crippen LogP contribution is -2.35. The topological polar surface area (TPSA) is 115 Å². The second kappa shape index (κ2) is 7.66. The van der Waals surface area contributed by atoms with Crippen LogP contribution in [-0.2, 0) is 21.4 Å². The molecule has 0 saturated heterocycles. The van der Waals surface area contributed by atoms with Crippen LogP contribution in [-0.4, -0.2) is 42.0 Å². The van der Waals surface area contributed by atoms with E-state index in [9.17, 15) is 13.2 Å². The van der Waals surface area contributed by atoms with E-state index in [0.29, 0.717) is 33.7 Å². The first-order chi connectivity index (χ1) is 14.9. The molecule has 0 amide bonds. The van der Waals surface area contributed by atoms with Gasteiger partial charge in [0.1, 0.15) is 0 Å². The van der Waals surface area contributed by atoms with Gasteiger partial charge >= 0.3 is 5.97 Å². The molecule has 9 nitrogen and oxygen atoms in total. The average molecular weight is 477 g/mol. The number of esters is 1. The van der Waals surface area contributed by atoms with Crippen molar-refractivity contribution < 1.29 is 22.5 Å². The number of rotatable bonds is 4. The average Bonchev–Trinajstić information content (AvgIpc) is 3.34. The predicted molar refractivity (Wildman–Crippen MR) is 115 cm³/mol. The van der Waals surface area contributed by atoms with Crippen molar-refractivity contribution in [3.8, 4) is 11.4 Å². The van der Waals surface area contributed by atoms with Gasteiger partial charge in [-0.2, -0.15) is 4.98 Å². The highest BCUT2D eigenvalue weighted by Crippen LogP contribution is 2.42. The van der Waals surface area contributed by atoms with Crippen molar-refractivity contribution in [1.29, 1.82) is 0 Å². The highest BCUT2D eigenvalue weighted by atomic mass is 35.5. The van der Waals surface area contributed by atoms with Crippen molar-refractivity contribution in [2.24, 2.45) is 4.40 Å². The predicted octanol–water partition coefficient (Wildman–Crippen LogP) is 3.36. The Morgan fingerprint density at radius 3 is 2.94 bits per heavy atom. The number of benzene rings is 2. The molecule has 0 radical (unpaired) electrons. The lowest BCUT2D eigenvalue weighted by Gasteiger charge is -2.22. The summed E-state index contributed by atoms with van der Waals surface area (Å²) in [7, 11) is -3.44. The highest BCUT2D eigenvalue weighted by molar-refractivity contribution is 8.15. The number of thioether (sulfide) groups is 1. The molecule has 0 bridgehead atoms. The van der Waals surface area contributed by atoms with Gasteiger partial charge in [-0.3, -0.25) is 0 Å². The number of amidine groups is 1. The molecule has 0 saturated carbocycles. The Kier molecular flexibility index (Phi) is 4.95. The number of carbonyl (C=O) groups excluding carboxylic acids is 1. The molecule has 2 aromatic carbocycles. The van der Waals surface area contributed by atoms with Crippen molar-refractivity contribution in [2.45, 2.75) is 11.5 Å². The summed E-state index contributed by atoms with van der Waals surface area (Å²) in [5.41, 5.74) is 1.75. The van der Waals surface area contributed by atoms with Crippen molar-refractivity contribution in [3.63, 3.8) is 0 Å². The van der Waals surface area contributed by atoms with Gasteiger partial charge in [-0.1, -0.05) is 28.9 Å². The number of aromatic nitrogens is 2. The number of fused-ring (bicyclic) bond motifs is 3. The molecule has 2 aliphatic heterocycles. The Morgan fingerprint density at radius 1 is 1.26 bits per heavy atom. The Morgan fingerprint density at radius 2 is 2.10 bits per heavy atom. The van der Waals surface area contributed by atoms with E-state index >= 15 is 0 Å². The number of anilines is 1. The molecular formula is C19H13ClN4O5S2. The third-order valence-corrected chi connectivity index (χ3v) is 7.25. The van der Waals surface area contributed by atoms with E-state index in [0.717, 1.165) is 10.6 Å². The van der Waals surface area contributed by atoms with E-state index in [2.05, 4.69) is 14.5 Å². The van der Waals surface area contributed by atoms with Crippen LogP contribution in [0.1, 0.15) is 16.2 Å². The van der Waals surface area contributed by atoms with Gasteiger partial charge in [0.05, 0.1) is 22.0 Å². The molecule has 3 aromatic rings. The summed E-state index contributed by atoms with van der Waals surface area (Å²) in [6.45, 7) is 0.132. The van der Waals surface area contributed by atoms with Crippen LogP contribution in [0.3, 0.4) is 0 Å². The molecule has 0 fully saturated rings. The molecule has 31 heavy (non-hydrogen) atoms. The Labute approximate surface area is 186 Å². The van der Waals surface area contributed by atoms with Gasteiger partial charge in [0.25, 0.3) is 15.9 Å². The maximum Gasteiger partial charge on any atom is 0.338 e. The van der Waals surface area contributed by atoms with Gasteiger partial charge in [0.15, 0.2) is 11.8 Å². The van der Waals surface area contributed by atoms with Crippen molar-refractivity contribution in [3.05, 3.63) is 58.9 Å². The zero-order valence-electron chi connectivity index (χ0n) is 15.7. The van der Waals surface area contributed by atoms with Crippen LogP contribution in [0.4, 0.5) is 5.69 Å². The van der Waals surface area contributed by atoms with Gasteiger partial charge in [0.2, 0.25) is 5.82 Å². The largest absolute Gasteiger partial charge is 0.452 e. The molecule has 12 heteroatoms. The minimum atomic E-state index is -3.44. The number of hydrogen-bond acceptors (Lipinski definition) is 9. The van der Waals surface area contributed by atoms with Crippen LogP contribution >= 0.6 is 23.4 Å². The van der Waals surface area contributed by atoms with Crippen LogP contribution in [0.5, 0.6) is 0 Å². The zero-order valence-corrected chi connectivity index (χ0v) is 18.1. The van der Waals surface area contributed by atoms with E-state index < -0.39 is 16.0 Å². The fourth-order valence-corrected chi connectivity index (χ4v) is 5.65. The van der Waals surface area contributed by atoms with Gasteiger partial charge in [0, 0.05) is 17.0 Å². The third-order valence-electron chi connectivity index (χ3n) is 4.62. The molecule has 158 valence electrons. The van der Waals surface area contributed by atoms with Crippen LogP contribution in [0.2, 0.25) is 5.02 Å². The van der Waals surface area contributed by atoms with Crippen molar-refractivity contribution >= 4 is 50.2 Å². The summed E-state index contributed by atoms with van der Waals surface area (Å²) in [4.78, 5) is 19.3. The van der Waals surface area contributed by atoms with Crippen LogP contribution in [0.25, 0.3) is 11.4 Å². The van der Waals surface area contributed by atoms with Crippen LogP contribution in [0, 0.1) is 0 Å². The third kappa shape index (κ3) is 3.91. The smallest absolute Gasteiger partial charge is 0.338 e. The molecule has 3 heterocycles. The Bertz CT molecular complexity index is 1340. The standard InChI is InChI=1S/C19H13ClN4O5S2/c20-13-4-2-1-3-12(13)17-21-16(29-22-17)10-28-18(25)11-5-6-14-15(9-11)30-19-23-31(26,27)8-7-24(14)19/h1-6,9H,7-8,10H2. The molecule has 0 N–H and O–H groups in total. The first-order valence-corrected chi connectivity index (χ1v) is 11.9. The van der Waals surface area contributed by atoms with E-state index in [1.165, 1.54) is 11.8 Å². The molecular weight excluding hydrogens is 464 g/mol. The first kappa shape index (κ1) is 20.0. The van der Waals surface area contributed by atoms with Gasteiger partial charge in [-0.25, -0.2) is 13.2 Å². The Hall–Kier alpha value is -2.89. The maximum absolute atomic E-state index is 12.5. The molecule has 0 aliphatic carbocycles. The number of hydrogen-bond donors (Lipinski definition) is 0. The van der Waals surface area contributed by atoms with E-state index in [1.54, 1.807) is 42.5 Å². The summed E-state index contributed by atoms with van der Waals surface area (Å²) in [6.07, 6.45) is 0. The number of ether oxygens (including phenoxy) is 1. The fourth-order valence-electron chi connectivity index (χ4n) is 3.13. The zero-order chi connectivity index (χ0) is 21.6. The minimum absolute atomic E-state index is 0.0410. The SMILES string of the molecule is O=C(OCc1nc(-c2ccccc2Cl)no1)c1ccc2c(c1)SC1=NS(=O)(=O)CCN12. The van der Waals surface area contributed by atoms with Crippen LogP contribution < -0.4 is 4.90 Å². The molecule has 5 rings (SSSR count). The molecule has 1 aromatic heterocycles. The monoisotopic (exact) mass is 476 g/mol. The number of sulfonamides is 1. The van der Waals surface area contributed by atoms with Gasteiger partial charge in [-0.05, 0) is 42.1 Å². The first-order valence-electron chi connectivity index (χ1n) is 9.06. The minimum Gasteiger partial charge on any atom is -0.452 e. The summed E-state index contributed by atoms with van der Waals surface area (Å²) in [5, 5.41) is 4.74. The molecule has 0 spiro atoms. The fraction of sp³-hybridized carbons (Fsp3) is 0.158. The summed E-state index contributed by atoms with van der Waals surface area (Å²) in [5.74, 6) is -0.172. The van der Waals surface area contributed by atoms with Crippen LogP contribution in [0.15, 0.2) is 56.3 Å². The van der Waals surface area contributed by atoms with Crippen molar-refractivity contribution in [1.82, 2.24) is 10.1 Å².